The molecule has 0 aliphatic carbocycles. The van der Waals surface area contributed by atoms with Gasteiger partial charge < -0.3 is 24.1 Å². The Labute approximate surface area is 283 Å². The van der Waals surface area contributed by atoms with Gasteiger partial charge in [-0.15, -0.1) is 0 Å². The maximum absolute atomic E-state index is 13.8. The monoisotopic (exact) mass is 685 g/mol. The Morgan fingerprint density at radius 3 is 2.33 bits per heavy atom. The summed E-state index contributed by atoms with van der Waals surface area (Å²) in [6.07, 6.45) is 1.73. The van der Waals surface area contributed by atoms with E-state index in [0.717, 1.165) is 0 Å². The first-order valence-corrected chi connectivity index (χ1v) is 18.4. The van der Waals surface area contributed by atoms with Crippen LogP contribution in [0.1, 0.15) is 74.3 Å². The van der Waals surface area contributed by atoms with Crippen molar-refractivity contribution in [1.29, 1.82) is 0 Å². The normalized spacial score (nSPS) is 21.9. The Bertz CT molecular complexity index is 1660. The molecule has 3 atom stereocenters. The maximum atomic E-state index is 13.8. The molecule has 1 aliphatic rings. The molecule has 0 bridgehead atoms. The van der Waals surface area contributed by atoms with Crippen LogP contribution in [0.25, 0.3) is 11.2 Å². The van der Waals surface area contributed by atoms with Gasteiger partial charge in [-0.05, 0) is 59.1 Å². The van der Waals surface area contributed by atoms with Crippen LogP contribution >= 0.6 is 0 Å². The SMILES string of the molecule is COc1ccc(CN(C(=O)OC(C)(C)C)c2ncnc3c2ncn3[C@@]2([Si](C)C)C[C@@](O)(C(C)(C)C)[C@@H](COC(C)(C)C)O2)c([N+](=O)[O-])c1. The van der Waals surface area contributed by atoms with E-state index in [9.17, 15) is 20.0 Å². The Kier molecular flexibility index (Phi) is 10.1. The molecule has 48 heavy (non-hydrogen) atoms. The number of hydrogen-bond acceptors (Lipinski definition) is 11. The van der Waals surface area contributed by atoms with Crippen LogP contribution < -0.4 is 9.64 Å². The Morgan fingerprint density at radius 1 is 1.12 bits per heavy atom. The Morgan fingerprint density at radius 2 is 1.79 bits per heavy atom. The molecule has 3 heterocycles. The number of nitrogens with zero attached hydrogens (tertiary/aromatic N) is 6. The van der Waals surface area contributed by atoms with Crippen molar-refractivity contribution in [2.45, 2.75) is 117 Å². The van der Waals surface area contributed by atoms with Crippen LogP contribution in [0.15, 0.2) is 30.9 Å². The Balaban J connectivity index is 1.88. The molecule has 263 valence electrons. The first-order valence-electron chi connectivity index (χ1n) is 15.9. The molecule has 0 saturated carbocycles. The third-order valence-electron chi connectivity index (χ3n) is 8.52. The summed E-state index contributed by atoms with van der Waals surface area (Å²) in [5, 5.41) is 23.4. The van der Waals surface area contributed by atoms with E-state index in [-0.39, 0.29) is 42.2 Å². The van der Waals surface area contributed by atoms with E-state index in [4.69, 9.17) is 23.9 Å². The van der Waals surface area contributed by atoms with Crippen LogP contribution in [0, 0.1) is 15.5 Å². The molecule has 0 unspecified atom stereocenters. The number of carbonyl (C=O) groups is 1. The molecule has 1 aliphatic heterocycles. The predicted molar refractivity (Wildman–Crippen MR) is 182 cm³/mol. The van der Waals surface area contributed by atoms with Gasteiger partial charge in [0.15, 0.2) is 17.0 Å². The van der Waals surface area contributed by atoms with Crippen molar-refractivity contribution in [2.75, 3.05) is 18.6 Å². The van der Waals surface area contributed by atoms with E-state index in [1.54, 1.807) is 33.2 Å². The number of nitro groups is 1. The predicted octanol–water partition coefficient (Wildman–Crippen LogP) is 6.01. The molecule has 2 aromatic heterocycles. The van der Waals surface area contributed by atoms with Gasteiger partial charge in [0.25, 0.3) is 5.69 Å². The van der Waals surface area contributed by atoms with E-state index in [2.05, 4.69) is 23.1 Å². The number of anilines is 1. The summed E-state index contributed by atoms with van der Waals surface area (Å²) >= 11 is 0. The van der Waals surface area contributed by atoms with Gasteiger partial charge in [0.2, 0.25) is 0 Å². The average molecular weight is 686 g/mol. The van der Waals surface area contributed by atoms with E-state index < -0.39 is 53.5 Å². The van der Waals surface area contributed by atoms with Crippen LogP contribution in [0.5, 0.6) is 5.75 Å². The van der Waals surface area contributed by atoms with E-state index >= 15 is 0 Å². The lowest BCUT2D eigenvalue weighted by Gasteiger charge is -2.41. The van der Waals surface area contributed by atoms with Crippen molar-refractivity contribution in [3.63, 3.8) is 0 Å². The van der Waals surface area contributed by atoms with Gasteiger partial charge in [0, 0.05) is 6.42 Å². The molecule has 1 fully saturated rings. The van der Waals surface area contributed by atoms with Crippen LogP contribution in [-0.2, 0) is 26.1 Å². The number of amides is 1. The number of imidazole rings is 1. The minimum atomic E-state index is -1.41. The highest BCUT2D eigenvalue weighted by Gasteiger charge is 2.62. The number of aromatic nitrogens is 4. The first kappa shape index (κ1) is 37.2. The molecule has 1 aromatic carbocycles. The van der Waals surface area contributed by atoms with E-state index in [1.165, 1.54) is 30.5 Å². The molecular formula is C33H49N6O8Si. The summed E-state index contributed by atoms with van der Waals surface area (Å²) in [6.45, 7) is 21.1. The number of methoxy groups -OCH3 is 1. The number of carbonyl (C=O) groups excluding carboxylic acids is 1. The molecule has 14 nitrogen and oxygen atoms in total. The first-order chi connectivity index (χ1) is 22.0. The maximum Gasteiger partial charge on any atom is 0.416 e. The minimum Gasteiger partial charge on any atom is -0.497 e. The fraction of sp³-hybridized carbons (Fsp3) is 0.636. The molecule has 15 heteroatoms. The largest absolute Gasteiger partial charge is 0.497 e. The van der Waals surface area contributed by atoms with Crippen molar-refractivity contribution in [3.8, 4) is 5.75 Å². The third-order valence-corrected chi connectivity index (χ3v) is 10.6. The molecule has 4 rings (SSSR count). The highest BCUT2D eigenvalue weighted by atomic mass is 28.3. The van der Waals surface area contributed by atoms with Gasteiger partial charge in [-0.2, -0.15) is 0 Å². The fourth-order valence-corrected chi connectivity index (χ4v) is 7.40. The van der Waals surface area contributed by atoms with Crippen molar-refractivity contribution in [1.82, 2.24) is 19.5 Å². The summed E-state index contributed by atoms with van der Waals surface area (Å²) in [5.41, 5.74) is -2.54. The highest BCUT2D eigenvalue weighted by molar-refractivity contribution is 6.58. The molecular weight excluding hydrogens is 636 g/mol. The smallest absolute Gasteiger partial charge is 0.416 e. The van der Waals surface area contributed by atoms with Gasteiger partial charge in [-0.1, -0.05) is 33.9 Å². The summed E-state index contributed by atoms with van der Waals surface area (Å²) in [6, 6.07) is 4.42. The second kappa shape index (κ2) is 13.0. The van der Waals surface area contributed by atoms with Crippen molar-refractivity contribution < 1.29 is 33.8 Å². The number of nitro benzene ring substituents is 1. The zero-order chi connectivity index (χ0) is 36.0. The van der Waals surface area contributed by atoms with Gasteiger partial charge in [0.05, 0.1) is 48.7 Å². The van der Waals surface area contributed by atoms with Crippen molar-refractivity contribution in [3.05, 3.63) is 46.5 Å². The zero-order valence-electron chi connectivity index (χ0n) is 30.1. The van der Waals surface area contributed by atoms with Crippen LogP contribution in [0.4, 0.5) is 16.3 Å². The van der Waals surface area contributed by atoms with Gasteiger partial charge in [-0.3, -0.25) is 19.6 Å². The van der Waals surface area contributed by atoms with Crippen LogP contribution in [0.2, 0.25) is 13.1 Å². The third kappa shape index (κ3) is 7.33. The highest BCUT2D eigenvalue weighted by Crippen LogP contribution is 2.52. The average Bonchev–Trinajstić information content (AvgIpc) is 3.53. The lowest BCUT2D eigenvalue weighted by molar-refractivity contribution is -0.385. The van der Waals surface area contributed by atoms with Gasteiger partial charge in [0.1, 0.15) is 43.5 Å². The molecule has 1 radical (unpaired) electrons. The lowest BCUT2D eigenvalue weighted by atomic mass is 9.72. The van der Waals surface area contributed by atoms with Crippen LogP contribution in [0.3, 0.4) is 0 Å². The molecule has 1 N–H and O–H groups in total. The van der Waals surface area contributed by atoms with Crippen LogP contribution in [-0.4, -0.2) is 81.1 Å². The molecule has 3 aromatic rings. The van der Waals surface area contributed by atoms with Crippen molar-refractivity contribution in [2.24, 2.45) is 5.41 Å². The number of aliphatic hydroxyl groups is 1. The fourth-order valence-electron chi connectivity index (χ4n) is 5.75. The molecule has 1 saturated heterocycles. The number of ether oxygens (including phenoxy) is 4. The molecule has 1 amide bonds. The summed E-state index contributed by atoms with van der Waals surface area (Å²) in [4.78, 5) is 40.3. The second-order valence-corrected chi connectivity index (χ2v) is 18.2. The summed E-state index contributed by atoms with van der Waals surface area (Å²) in [7, 11) is 0.00975. The quantitative estimate of drug-likeness (QED) is 0.159. The van der Waals surface area contributed by atoms with Gasteiger partial charge in [-0.25, -0.2) is 19.7 Å². The lowest BCUT2D eigenvalue weighted by Crippen LogP contribution is -2.52. The van der Waals surface area contributed by atoms with Crippen molar-refractivity contribution >= 4 is 37.6 Å². The zero-order valence-corrected chi connectivity index (χ0v) is 31.1. The standard InChI is InChI=1S/C33H49N6O8Si/c1-29(2,3)32(41)18-33(48(11)12,46-24(32)17-45-30(4,5)6)38-20-36-25-26(34-19-35-27(25)38)37(28(40)47-31(7,8)9)16-21-13-14-22(44-10)15-23(21)39(42)43/h13-15,19-20,24,41H,16-18H2,1-12H3/t24-,32+,33+/m1/s1. The van der Waals surface area contributed by atoms with E-state index in [1.807, 2.05) is 46.1 Å². The minimum absolute atomic E-state index is 0.103. The summed E-state index contributed by atoms with van der Waals surface area (Å²) in [5.74, 6) is 0.406. The topological polar surface area (TPSA) is 164 Å². The summed E-state index contributed by atoms with van der Waals surface area (Å²) < 4.78 is 25.9. The number of fused-ring (bicyclic) bond motifs is 1. The number of rotatable bonds is 9. The second-order valence-electron chi connectivity index (χ2n) is 15.5. The van der Waals surface area contributed by atoms with E-state index in [0.29, 0.717) is 11.4 Å². The van der Waals surface area contributed by atoms with Gasteiger partial charge >= 0.3 is 6.09 Å². The number of benzene rings is 1. The molecule has 0 spiro atoms. The number of hydrogen-bond donors (Lipinski definition) is 1. The Hall–Kier alpha value is -3.66.